The number of hydrogen-bond acceptors (Lipinski definition) is 4. The summed E-state index contributed by atoms with van der Waals surface area (Å²) in [6.07, 6.45) is 1.43. The van der Waals surface area contributed by atoms with E-state index in [4.69, 9.17) is 4.74 Å². The van der Waals surface area contributed by atoms with E-state index < -0.39 is 5.97 Å². The summed E-state index contributed by atoms with van der Waals surface area (Å²) in [5.74, 6) is -0.945. The number of hydrogen-bond donors (Lipinski definition) is 1. The van der Waals surface area contributed by atoms with Crippen LogP contribution in [0.4, 0.5) is 5.69 Å². The molecule has 1 heterocycles. The van der Waals surface area contributed by atoms with Crippen LogP contribution in [0.5, 0.6) is 0 Å². The lowest BCUT2D eigenvalue weighted by atomic mass is 10.1. The molecule has 0 saturated heterocycles. The van der Waals surface area contributed by atoms with Gasteiger partial charge in [0.25, 0.3) is 5.91 Å². The number of pyridine rings is 1. The number of benzene rings is 1. The minimum Gasteiger partial charge on any atom is -0.452 e. The van der Waals surface area contributed by atoms with Gasteiger partial charge in [-0.25, -0.2) is 4.79 Å². The summed E-state index contributed by atoms with van der Waals surface area (Å²) in [6.45, 7) is 5.46. The summed E-state index contributed by atoms with van der Waals surface area (Å²) in [5.41, 5.74) is 4.05. The molecule has 2 aromatic rings. The Kier molecular flexibility index (Phi) is 4.88. The summed E-state index contributed by atoms with van der Waals surface area (Å²) in [6, 6.07) is 8.94. The van der Waals surface area contributed by atoms with Crippen molar-refractivity contribution in [1.29, 1.82) is 0 Å². The monoisotopic (exact) mass is 298 g/mol. The van der Waals surface area contributed by atoms with Crippen molar-refractivity contribution >= 4 is 17.6 Å². The molecule has 0 spiro atoms. The van der Waals surface area contributed by atoms with Crippen molar-refractivity contribution in [3.63, 3.8) is 0 Å². The number of aryl methyl sites for hydroxylation is 3. The van der Waals surface area contributed by atoms with Crippen LogP contribution in [0.1, 0.15) is 27.2 Å². The lowest BCUT2D eigenvalue weighted by Gasteiger charge is -2.08. The SMILES string of the molecule is Cc1ccc(C(=O)OCC(=O)Nc2ccc(C)c(C)c2)cn1. The van der Waals surface area contributed by atoms with Crippen LogP contribution in [0.3, 0.4) is 0 Å². The number of carbonyl (C=O) groups excluding carboxylic acids is 2. The van der Waals surface area contributed by atoms with Crippen molar-refractivity contribution in [1.82, 2.24) is 4.98 Å². The van der Waals surface area contributed by atoms with E-state index in [0.29, 0.717) is 11.3 Å². The number of carbonyl (C=O) groups is 2. The lowest BCUT2D eigenvalue weighted by Crippen LogP contribution is -2.21. The van der Waals surface area contributed by atoms with Crippen LogP contribution in [-0.4, -0.2) is 23.5 Å². The minimum absolute atomic E-state index is 0.324. The third kappa shape index (κ3) is 4.15. The third-order valence-corrected chi connectivity index (χ3v) is 3.27. The molecule has 22 heavy (non-hydrogen) atoms. The Morgan fingerprint density at radius 1 is 1.09 bits per heavy atom. The normalized spacial score (nSPS) is 10.1. The van der Waals surface area contributed by atoms with Crippen LogP contribution < -0.4 is 5.32 Å². The van der Waals surface area contributed by atoms with Gasteiger partial charge in [-0.05, 0) is 56.2 Å². The van der Waals surface area contributed by atoms with Crippen LogP contribution >= 0.6 is 0 Å². The van der Waals surface area contributed by atoms with Crippen molar-refractivity contribution in [2.75, 3.05) is 11.9 Å². The molecule has 0 aliphatic heterocycles. The maximum atomic E-state index is 11.8. The Morgan fingerprint density at radius 3 is 2.50 bits per heavy atom. The average Bonchev–Trinajstić information content (AvgIpc) is 2.49. The number of rotatable bonds is 4. The highest BCUT2D eigenvalue weighted by Gasteiger charge is 2.10. The first-order valence-electron chi connectivity index (χ1n) is 6.92. The summed E-state index contributed by atoms with van der Waals surface area (Å²) in [5, 5.41) is 2.69. The molecule has 5 heteroatoms. The molecular weight excluding hydrogens is 280 g/mol. The Morgan fingerprint density at radius 2 is 1.86 bits per heavy atom. The number of nitrogens with zero attached hydrogens (tertiary/aromatic N) is 1. The highest BCUT2D eigenvalue weighted by Crippen LogP contribution is 2.14. The molecule has 1 amide bonds. The van der Waals surface area contributed by atoms with Gasteiger partial charge in [0.1, 0.15) is 0 Å². The van der Waals surface area contributed by atoms with Crippen LogP contribution in [0.15, 0.2) is 36.5 Å². The molecular formula is C17H18N2O3. The van der Waals surface area contributed by atoms with Gasteiger partial charge >= 0.3 is 5.97 Å². The zero-order valence-corrected chi connectivity index (χ0v) is 12.8. The zero-order valence-electron chi connectivity index (χ0n) is 12.8. The number of ether oxygens (including phenoxy) is 1. The molecule has 0 unspecified atom stereocenters. The molecule has 0 fully saturated rings. The molecule has 0 aliphatic rings. The van der Waals surface area contributed by atoms with Crippen molar-refractivity contribution < 1.29 is 14.3 Å². The lowest BCUT2D eigenvalue weighted by molar-refractivity contribution is -0.119. The van der Waals surface area contributed by atoms with Crippen LogP contribution in [0, 0.1) is 20.8 Å². The predicted octanol–water partition coefficient (Wildman–Crippen LogP) is 2.80. The van der Waals surface area contributed by atoms with Gasteiger partial charge in [-0.2, -0.15) is 0 Å². The summed E-state index contributed by atoms with van der Waals surface area (Å²) < 4.78 is 4.96. The van der Waals surface area contributed by atoms with Crippen LogP contribution in [0.25, 0.3) is 0 Å². The predicted molar refractivity (Wildman–Crippen MR) is 83.8 cm³/mol. The van der Waals surface area contributed by atoms with E-state index in [1.807, 2.05) is 39.0 Å². The van der Waals surface area contributed by atoms with E-state index in [-0.39, 0.29) is 12.5 Å². The first-order chi connectivity index (χ1) is 10.5. The Hall–Kier alpha value is -2.69. The van der Waals surface area contributed by atoms with Crippen molar-refractivity contribution in [2.24, 2.45) is 0 Å². The Labute approximate surface area is 129 Å². The molecule has 1 aromatic carbocycles. The molecule has 0 saturated carbocycles. The average molecular weight is 298 g/mol. The van der Waals surface area contributed by atoms with Crippen molar-refractivity contribution in [3.05, 3.63) is 58.9 Å². The maximum Gasteiger partial charge on any atom is 0.340 e. The van der Waals surface area contributed by atoms with Gasteiger partial charge in [-0.1, -0.05) is 6.07 Å². The van der Waals surface area contributed by atoms with Crippen LogP contribution in [-0.2, 0) is 9.53 Å². The first-order valence-corrected chi connectivity index (χ1v) is 6.92. The van der Waals surface area contributed by atoms with Gasteiger partial charge < -0.3 is 10.1 Å². The van der Waals surface area contributed by atoms with Gasteiger partial charge in [0, 0.05) is 17.6 Å². The van der Waals surface area contributed by atoms with Gasteiger partial charge in [0.05, 0.1) is 5.56 Å². The number of anilines is 1. The van der Waals surface area contributed by atoms with E-state index in [9.17, 15) is 9.59 Å². The van der Waals surface area contributed by atoms with Crippen molar-refractivity contribution in [2.45, 2.75) is 20.8 Å². The Bertz CT molecular complexity index is 694. The van der Waals surface area contributed by atoms with Gasteiger partial charge in [-0.15, -0.1) is 0 Å². The highest BCUT2D eigenvalue weighted by atomic mass is 16.5. The molecule has 5 nitrogen and oxygen atoms in total. The molecule has 1 N–H and O–H groups in total. The van der Waals surface area contributed by atoms with Gasteiger partial charge in [0.15, 0.2) is 6.61 Å². The van der Waals surface area contributed by atoms with Gasteiger partial charge in [-0.3, -0.25) is 9.78 Å². The molecule has 0 aliphatic carbocycles. The molecule has 0 atom stereocenters. The second kappa shape index (κ2) is 6.85. The van der Waals surface area contributed by atoms with Crippen molar-refractivity contribution in [3.8, 4) is 0 Å². The van der Waals surface area contributed by atoms with E-state index in [2.05, 4.69) is 10.3 Å². The van der Waals surface area contributed by atoms with Crippen LogP contribution in [0.2, 0.25) is 0 Å². The standard InChI is InChI=1S/C17H18N2O3/c1-11-4-7-15(8-12(11)2)19-16(20)10-22-17(21)14-6-5-13(3)18-9-14/h4-9H,10H2,1-3H3,(H,19,20). The van der Waals surface area contributed by atoms with E-state index in [0.717, 1.165) is 16.8 Å². The molecule has 114 valence electrons. The first kappa shape index (κ1) is 15.7. The fraction of sp³-hybridized carbons (Fsp3) is 0.235. The second-order valence-corrected chi connectivity index (χ2v) is 5.11. The van der Waals surface area contributed by atoms with Gasteiger partial charge in [0.2, 0.25) is 0 Å². The third-order valence-electron chi connectivity index (χ3n) is 3.27. The fourth-order valence-corrected chi connectivity index (χ4v) is 1.82. The summed E-state index contributed by atoms with van der Waals surface area (Å²) in [7, 11) is 0. The molecule has 2 rings (SSSR count). The topological polar surface area (TPSA) is 68.3 Å². The fourth-order valence-electron chi connectivity index (χ4n) is 1.82. The summed E-state index contributed by atoms with van der Waals surface area (Å²) in [4.78, 5) is 27.6. The smallest absolute Gasteiger partial charge is 0.340 e. The zero-order chi connectivity index (χ0) is 16.1. The molecule has 0 radical (unpaired) electrons. The quantitative estimate of drug-likeness (QED) is 0.881. The summed E-state index contributed by atoms with van der Waals surface area (Å²) >= 11 is 0. The number of esters is 1. The molecule has 0 bridgehead atoms. The van der Waals surface area contributed by atoms with E-state index in [1.165, 1.54) is 6.20 Å². The largest absolute Gasteiger partial charge is 0.452 e. The van der Waals surface area contributed by atoms with E-state index in [1.54, 1.807) is 12.1 Å². The number of amides is 1. The second-order valence-electron chi connectivity index (χ2n) is 5.11. The number of nitrogens with one attached hydrogen (secondary N) is 1. The molecule has 1 aromatic heterocycles. The van der Waals surface area contributed by atoms with E-state index >= 15 is 0 Å². The maximum absolute atomic E-state index is 11.8. The Balaban J connectivity index is 1.88. The minimum atomic E-state index is -0.567. The number of aromatic nitrogens is 1. The highest BCUT2D eigenvalue weighted by molar-refractivity contribution is 5.95.